The standard InChI is InChI=1S/C14H8N2O8/c17-13(23-10-4-2-1-3-5-10)14(18)24-12-7-6-9(15(19)20)8-11(12)16(21)22/h1-8H. The summed E-state index contributed by atoms with van der Waals surface area (Å²) >= 11 is 0. The van der Waals surface area contributed by atoms with Crippen molar-refractivity contribution in [3.05, 3.63) is 68.8 Å². The Labute approximate surface area is 133 Å². The van der Waals surface area contributed by atoms with Gasteiger partial charge >= 0.3 is 17.6 Å². The highest BCUT2D eigenvalue weighted by Gasteiger charge is 2.26. The zero-order valence-electron chi connectivity index (χ0n) is 11.8. The van der Waals surface area contributed by atoms with Gasteiger partial charge in [0.05, 0.1) is 15.9 Å². The van der Waals surface area contributed by atoms with E-state index in [9.17, 15) is 29.8 Å². The highest BCUT2D eigenvalue weighted by molar-refractivity contribution is 6.31. The molecule has 10 heteroatoms. The molecule has 0 unspecified atom stereocenters. The van der Waals surface area contributed by atoms with E-state index in [0.29, 0.717) is 6.07 Å². The third-order valence-corrected chi connectivity index (χ3v) is 2.67. The molecule has 0 heterocycles. The van der Waals surface area contributed by atoms with Crippen molar-refractivity contribution in [2.75, 3.05) is 0 Å². The first-order valence-corrected chi connectivity index (χ1v) is 6.30. The van der Waals surface area contributed by atoms with Crippen LogP contribution in [0, 0.1) is 20.2 Å². The second-order valence-corrected chi connectivity index (χ2v) is 4.26. The number of benzene rings is 2. The predicted octanol–water partition coefficient (Wildman–Crippen LogP) is 2.01. The van der Waals surface area contributed by atoms with Crippen molar-refractivity contribution in [3.63, 3.8) is 0 Å². The summed E-state index contributed by atoms with van der Waals surface area (Å²) < 4.78 is 9.32. The van der Waals surface area contributed by atoms with Crippen molar-refractivity contribution in [2.45, 2.75) is 0 Å². The molecule has 0 saturated heterocycles. The third kappa shape index (κ3) is 3.88. The van der Waals surface area contributed by atoms with E-state index < -0.39 is 38.9 Å². The molecule has 0 aliphatic carbocycles. The number of non-ortho nitro benzene ring substituents is 1. The smallest absolute Gasteiger partial charge is 0.418 e. The molecule has 0 amide bonds. The van der Waals surface area contributed by atoms with Crippen LogP contribution in [0.25, 0.3) is 0 Å². The van der Waals surface area contributed by atoms with Crippen molar-refractivity contribution in [2.24, 2.45) is 0 Å². The highest BCUT2D eigenvalue weighted by Crippen LogP contribution is 2.31. The number of carbonyl (C=O) groups excluding carboxylic acids is 2. The molecule has 0 aromatic heterocycles. The van der Waals surface area contributed by atoms with Crippen LogP contribution in [0.1, 0.15) is 0 Å². The number of rotatable bonds is 4. The first-order chi connectivity index (χ1) is 11.4. The van der Waals surface area contributed by atoms with Gasteiger partial charge in [0.15, 0.2) is 0 Å². The predicted molar refractivity (Wildman–Crippen MR) is 77.5 cm³/mol. The van der Waals surface area contributed by atoms with Crippen LogP contribution in [0.2, 0.25) is 0 Å². The molecule has 10 nitrogen and oxygen atoms in total. The number of nitro benzene ring substituents is 2. The van der Waals surface area contributed by atoms with Gasteiger partial charge in [0, 0.05) is 6.07 Å². The quantitative estimate of drug-likeness (QED) is 0.272. The molecule has 2 aromatic carbocycles. The fraction of sp³-hybridized carbons (Fsp3) is 0. The van der Waals surface area contributed by atoms with Gasteiger partial charge in [0.2, 0.25) is 5.75 Å². The number of para-hydroxylation sites is 1. The van der Waals surface area contributed by atoms with Crippen molar-refractivity contribution in [1.82, 2.24) is 0 Å². The molecule has 0 spiro atoms. The summed E-state index contributed by atoms with van der Waals surface area (Å²) in [7, 11) is 0. The maximum atomic E-state index is 11.7. The number of nitro groups is 2. The van der Waals surface area contributed by atoms with Gasteiger partial charge in [-0.25, -0.2) is 9.59 Å². The minimum Gasteiger partial charge on any atom is -0.418 e. The van der Waals surface area contributed by atoms with E-state index in [1.807, 2.05) is 0 Å². The van der Waals surface area contributed by atoms with Crippen LogP contribution >= 0.6 is 0 Å². The van der Waals surface area contributed by atoms with Crippen molar-refractivity contribution in [3.8, 4) is 11.5 Å². The summed E-state index contributed by atoms with van der Waals surface area (Å²) in [6.45, 7) is 0. The molecule has 0 radical (unpaired) electrons. The summed E-state index contributed by atoms with van der Waals surface area (Å²) in [5, 5.41) is 21.5. The summed E-state index contributed by atoms with van der Waals surface area (Å²) in [6, 6.07) is 9.99. The fourth-order valence-electron chi connectivity index (χ4n) is 1.63. The van der Waals surface area contributed by atoms with Crippen LogP contribution in [0.4, 0.5) is 11.4 Å². The van der Waals surface area contributed by atoms with Crippen LogP contribution < -0.4 is 9.47 Å². The van der Waals surface area contributed by atoms with Crippen LogP contribution in [0.3, 0.4) is 0 Å². The molecule has 0 atom stereocenters. The minimum absolute atomic E-state index is 0.0812. The van der Waals surface area contributed by atoms with E-state index in [2.05, 4.69) is 4.74 Å². The summed E-state index contributed by atoms with van der Waals surface area (Å²) in [5.74, 6) is -3.43. The SMILES string of the molecule is O=C(Oc1ccccc1)C(=O)Oc1ccc([N+](=O)[O-])cc1[N+](=O)[O-]. The van der Waals surface area contributed by atoms with E-state index >= 15 is 0 Å². The van der Waals surface area contributed by atoms with Gasteiger partial charge in [0.25, 0.3) is 5.69 Å². The monoisotopic (exact) mass is 332 g/mol. The second-order valence-electron chi connectivity index (χ2n) is 4.26. The molecule has 0 aliphatic rings. The molecule has 0 fully saturated rings. The number of hydrogen-bond acceptors (Lipinski definition) is 8. The average molecular weight is 332 g/mol. The molecule has 0 N–H and O–H groups in total. The maximum absolute atomic E-state index is 11.7. The third-order valence-electron chi connectivity index (χ3n) is 2.67. The first-order valence-electron chi connectivity index (χ1n) is 6.30. The van der Waals surface area contributed by atoms with Gasteiger partial charge in [0.1, 0.15) is 5.75 Å². The molecular formula is C14H8N2O8. The topological polar surface area (TPSA) is 139 Å². The second kappa shape index (κ2) is 6.96. The Morgan fingerprint density at radius 3 is 2.04 bits per heavy atom. The Balaban J connectivity index is 2.17. The maximum Gasteiger partial charge on any atom is 0.423 e. The number of nitrogens with zero attached hydrogens (tertiary/aromatic N) is 2. The van der Waals surface area contributed by atoms with Crippen LogP contribution in [0.15, 0.2) is 48.5 Å². The van der Waals surface area contributed by atoms with E-state index in [1.54, 1.807) is 18.2 Å². The zero-order chi connectivity index (χ0) is 17.7. The Kier molecular flexibility index (Phi) is 4.80. The van der Waals surface area contributed by atoms with Crippen LogP contribution in [-0.2, 0) is 9.59 Å². The lowest BCUT2D eigenvalue weighted by atomic mass is 10.2. The number of hydrogen-bond donors (Lipinski definition) is 0. The minimum atomic E-state index is -1.50. The summed E-state index contributed by atoms with van der Waals surface area (Å²) in [4.78, 5) is 43.0. The Morgan fingerprint density at radius 2 is 1.46 bits per heavy atom. The lowest BCUT2D eigenvalue weighted by Gasteiger charge is -2.05. The lowest BCUT2D eigenvalue weighted by Crippen LogP contribution is -2.25. The number of esters is 2. The van der Waals surface area contributed by atoms with E-state index in [4.69, 9.17) is 4.74 Å². The Hall–Kier alpha value is -3.82. The van der Waals surface area contributed by atoms with E-state index in [-0.39, 0.29) is 5.75 Å². The van der Waals surface area contributed by atoms with E-state index in [1.165, 1.54) is 12.1 Å². The first kappa shape index (κ1) is 16.5. The molecule has 0 saturated carbocycles. The molecule has 2 rings (SSSR count). The van der Waals surface area contributed by atoms with E-state index in [0.717, 1.165) is 12.1 Å². The lowest BCUT2D eigenvalue weighted by molar-refractivity contribution is -0.394. The van der Waals surface area contributed by atoms with Gasteiger partial charge in [-0.05, 0) is 18.2 Å². The molecule has 2 aromatic rings. The van der Waals surface area contributed by atoms with Gasteiger partial charge in [-0.1, -0.05) is 18.2 Å². The number of ether oxygens (including phenoxy) is 2. The van der Waals surface area contributed by atoms with Gasteiger partial charge in [-0.3, -0.25) is 20.2 Å². The summed E-state index contributed by atoms with van der Waals surface area (Å²) in [5.41, 5.74) is -1.39. The normalized spacial score (nSPS) is 9.83. The number of carbonyl (C=O) groups is 2. The molecular weight excluding hydrogens is 324 g/mol. The molecule has 0 aliphatic heterocycles. The highest BCUT2D eigenvalue weighted by atomic mass is 16.6. The fourth-order valence-corrected chi connectivity index (χ4v) is 1.63. The van der Waals surface area contributed by atoms with Gasteiger partial charge < -0.3 is 9.47 Å². The van der Waals surface area contributed by atoms with Crippen LogP contribution in [0.5, 0.6) is 11.5 Å². The Bertz CT molecular complexity index is 819. The average Bonchev–Trinajstić information content (AvgIpc) is 2.55. The zero-order valence-corrected chi connectivity index (χ0v) is 11.8. The molecule has 0 bridgehead atoms. The summed E-state index contributed by atoms with van der Waals surface area (Å²) in [6.07, 6.45) is 0. The Morgan fingerprint density at radius 1 is 0.833 bits per heavy atom. The largest absolute Gasteiger partial charge is 0.423 e. The van der Waals surface area contributed by atoms with Crippen LogP contribution in [-0.4, -0.2) is 21.8 Å². The van der Waals surface area contributed by atoms with Crippen molar-refractivity contribution < 1.29 is 28.9 Å². The van der Waals surface area contributed by atoms with Gasteiger partial charge in [-0.15, -0.1) is 0 Å². The van der Waals surface area contributed by atoms with Crippen molar-refractivity contribution in [1.29, 1.82) is 0 Å². The van der Waals surface area contributed by atoms with Crippen molar-refractivity contribution >= 4 is 23.3 Å². The molecule has 24 heavy (non-hydrogen) atoms. The molecule has 122 valence electrons. The van der Waals surface area contributed by atoms with Gasteiger partial charge in [-0.2, -0.15) is 0 Å².